The largest absolute Gasteiger partial charge is 0.492 e. The van der Waals surface area contributed by atoms with Gasteiger partial charge in [-0.3, -0.25) is 39.2 Å². The quantitative estimate of drug-likeness (QED) is 0.136. The van der Waals surface area contributed by atoms with E-state index in [2.05, 4.69) is 30.7 Å². The van der Waals surface area contributed by atoms with Crippen LogP contribution >= 0.6 is 24.2 Å². The van der Waals surface area contributed by atoms with Crippen molar-refractivity contribution in [2.75, 3.05) is 53.2 Å². The number of nitrogens with zero attached hydrogens (tertiary/aromatic N) is 6. The second-order valence-corrected chi connectivity index (χ2v) is 16.8. The summed E-state index contributed by atoms with van der Waals surface area (Å²) in [6.07, 6.45) is -0.589. The highest BCUT2D eigenvalue weighted by atomic mass is 35.5. The molecule has 1 unspecified atom stereocenters. The van der Waals surface area contributed by atoms with Crippen LogP contribution in [0.15, 0.2) is 48.7 Å². The lowest BCUT2D eigenvalue weighted by Gasteiger charge is -2.51. The average molecular weight is 868 g/mol. The molecule has 0 spiro atoms. The van der Waals surface area contributed by atoms with Gasteiger partial charge in [-0.15, -0.1) is 12.6 Å². The summed E-state index contributed by atoms with van der Waals surface area (Å²) < 4.78 is 47.6. The number of thiol groups is 1. The third kappa shape index (κ3) is 8.85. The van der Waals surface area contributed by atoms with Crippen LogP contribution < -0.4 is 30.5 Å². The molecule has 0 aliphatic carbocycles. The van der Waals surface area contributed by atoms with Gasteiger partial charge in [-0.1, -0.05) is 18.5 Å². The van der Waals surface area contributed by atoms with E-state index in [9.17, 15) is 37.6 Å². The van der Waals surface area contributed by atoms with Crippen molar-refractivity contribution in [1.29, 1.82) is 5.26 Å². The number of carbonyl (C=O) groups is 4. The number of nitriles is 1. The molecule has 5 aliphatic heterocycles. The van der Waals surface area contributed by atoms with Gasteiger partial charge < -0.3 is 20.3 Å². The number of pyridine rings is 1. The minimum Gasteiger partial charge on any atom is -0.492 e. The summed E-state index contributed by atoms with van der Waals surface area (Å²) in [6.45, 7) is 8.16. The second kappa shape index (κ2) is 17.1. The number of aryl methyl sites for hydroxylation is 1. The number of aromatic nitrogens is 1. The summed E-state index contributed by atoms with van der Waals surface area (Å²) in [5, 5.41) is 18.0. The van der Waals surface area contributed by atoms with Gasteiger partial charge >= 0.3 is 6.18 Å². The van der Waals surface area contributed by atoms with Crippen LogP contribution in [-0.2, 0) is 31.8 Å². The lowest BCUT2D eigenvalue weighted by molar-refractivity contribution is -0.138. The smallest absolute Gasteiger partial charge is 0.419 e. The van der Waals surface area contributed by atoms with Crippen molar-refractivity contribution in [2.24, 2.45) is 0 Å². The molecule has 0 saturated carbocycles. The summed E-state index contributed by atoms with van der Waals surface area (Å²) in [6, 6.07) is 12.6. The highest BCUT2D eigenvalue weighted by Crippen LogP contribution is 2.43. The summed E-state index contributed by atoms with van der Waals surface area (Å²) >= 11 is 11.0. The minimum absolute atomic E-state index is 0.121. The van der Waals surface area contributed by atoms with E-state index in [0.717, 1.165) is 48.7 Å². The van der Waals surface area contributed by atoms with Gasteiger partial charge in [0.25, 0.3) is 5.91 Å². The number of rotatable bonds is 12. The Balaban J connectivity index is 0.937. The number of halogens is 4. The molecule has 3 aromatic rings. The number of piperazine rings is 1. The maximum absolute atomic E-state index is 13.8. The van der Waals surface area contributed by atoms with Crippen molar-refractivity contribution < 1.29 is 37.1 Å². The summed E-state index contributed by atoms with van der Waals surface area (Å²) in [5.74, 6) is -0.686. The van der Waals surface area contributed by atoms with Crippen LogP contribution in [0.25, 0.3) is 0 Å². The number of ether oxygens (including phenoxy) is 1. The molecule has 8 rings (SSSR count). The number of carbonyl (C=O) groups excluding carboxylic acids is 4. The fourth-order valence-electron chi connectivity index (χ4n) is 8.54. The van der Waals surface area contributed by atoms with Crippen LogP contribution in [0.4, 0.5) is 35.9 Å². The molecule has 2 bridgehead atoms. The molecule has 5 saturated heterocycles. The van der Waals surface area contributed by atoms with Gasteiger partial charge in [0.2, 0.25) is 17.7 Å². The topological polar surface area (TPSA) is 163 Å². The molecule has 6 heterocycles. The summed E-state index contributed by atoms with van der Waals surface area (Å²) in [7, 11) is 0. The zero-order valence-electron chi connectivity index (χ0n) is 33.2. The SMILES string of the molecule is CCc1cc(N2[C@@H](S)N(c3cnc(C#N)c(C(F)(F)F)c3)C(=O)C2(C)C)ccc1OCCN1C[C@H]2CC[C@@H]1CN2CC(=O)Nc1cc(Cl)cc(NC2CCC(=O)NC2=O)c1. The van der Waals surface area contributed by atoms with Crippen LogP contribution in [0.1, 0.15) is 63.3 Å². The standard InChI is InChI=1S/C41H45ClF3N9O5S/c1-4-23-13-27(54-39(60)53(38(58)40(54,2)3)30-17-31(41(43,44)45)33(18-46)47-19-30)7-9-34(23)59-12-11-51-20-29-6-5-28(51)21-52(29)22-36(56)49-26-15-24(42)14-25(16-26)48-32-8-10-35(55)50-37(32)57/h7,9,13-17,19,28-29,32,39,48,60H,4-6,8,10-12,20-22H2,1-3H3,(H,49,56)(H,50,55,57)/t28-,29-,32?,39+/m1/s1. The molecule has 4 amide bonds. The predicted molar refractivity (Wildman–Crippen MR) is 222 cm³/mol. The van der Waals surface area contributed by atoms with E-state index >= 15 is 0 Å². The Morgan fingerprint density at radius 2 is 1.77 bits per heavy atom. The maximum atomic E-state index is 13.8. The number of nitrogens with one attached hydrogen (secondary N) is 3. The van der Waals surface area contributed by atoms with Crippen LogP contribution in [0.5, 0.6) is 5.75 Å². The van der Waals surface area contributed by atoms with Gasteiger partial charge in [-0.05, 0) is 87.6 Å². The number of hydrogen-bond donors (Lipinski definition) is 4. The predicted octanol–water partition coefficient (Wildman–Crippen LogP) is 5.42. The highest BCUT2D eigenvalue weighted by Gasteiger charge is 2.52. The van der Waals surface area contributed by atoms with E-state index in [4.69, 9.17) is 29.0 Å². The number of benzene rings is 2. The van der Waals surface area contributed by atoms with Crippen molar-refractivity contribution in [3.05, 3.63) is 70.5 Å². The van der Waals surface area contributed by atoms with Gasteiger partial charge in [-0.25, -0.2) is 4.98 Å². The molecule has 2 aromatic carbocycles. The number of amides is 4. The number of imide groups is 1. The fourth-order valence-corrected chi connectivity index (χ4v) is 9.44. The molecule has 60 heavy (non-hydrogen) atoms. The normalized spacial score (nSPS) is 23.1. The van der Waals surface area contributed by atoms with E-state index in [1.165, 1.54) is 6.07 Å². The first-order valence-electron chi connectivity index (χ1n) is 19.7. The van der Waals surface area contributed by atoms with Gasteiger partial charge in [0, 0.05) is 60.2 Å². The van der Waals surface area contributed by atoms with Gasteiger partial charge in [0.05, 0.1) is 24.0 Å². The number of piperidine rings is 3. The molecule has 14 nitrogen and oxygen atoms in total. The van der Waals surface area contributed by atoms with Crippen molar-refractivity contribution in [3.63, 3.8) is 0 Å². The highest BCUT2D eigenvalue weighted by molar-refractivity contribution is 7.81. The average Bonchev–Trinajstić information content (AvgIpc) is 3.37. The van der Waals surface area contributed by atoms with Crippen LogP contribution in [0, 0.1) is 11.3 Å². The minimum atomic E-state index is -4.84. The monoisotopic (exact) mass is 867 g/mol. The first kappa shape index (κ1) is 43.0. The van der Waals surface area contributed by atoms with Crippen LogP contribution in [0.2, 0.25) is 5.02 Å². The van der Waals surface area contributed by atoms with E-state index in [1.54, 1.807) is 43.0 Å². The Labute approximate surface area is 355 Å². The first-order valence-corrected chi connectivity index (χ1v) is 20.6. The Bertz CT molecular complexity index is 2240. The second-order valence-electron chi connectivity index (χ2n) is 15.9. The van der Waals surface area contributed by atoms with E-state index in [0.29, 0.717) is 53.8 Å². The molecular weight excluding hydrogens is 823 g/mol. The van der Waals surface area contributed by atoms with Crippen LogP contribution in [0.3, 0.4) is 0 Å². The van der Waals surface area contributed by atoms with Crippen molar-refractivity contribution in [2.45, 2.75) is 88.2 Å². The molecule has 5 fully saturated rings. The Morgan fingerprint density at radius 3 is 2.43 bits per heavy atom. The van der Waals surface area contributed by atoms with Crippen molar-refractivity contribution in [3.8, 4) is 11.8 Å². The van der Waals surface area contributed by atoms with Gasteiger partial charge in [-0.2, -0.15) is 18.4 Å². The maximum Gasteiger partial charge on any atom is 0.419 e. The molecule has 5 aliphatic rings. The Hall–Kier alpha value is -5.09. The van der Waals surface area contributed by atoms with Crippen molar-refractivity contribution in [1.82, 2.24) is 20.1 Å². The Kier molecular flexibility index (Phi) is 12.3. The van der Waals surface area contributed by atoms with E-state index in [1.807, 2.05) is 19.1 Å². The molecule has 1 aromatic heterocycles. The third-order valence-corrected chi connectivity index (χ3v) is 12.3. The molecule has 318 valence electrons. The lowest BCUT2D eigenvalue weighted by atomic mass is 9.91. The Morgan fingerprint density at radius 1 is 1.05 bits per heavy atom. The molecule has 0 radical (unpaired) electrons. The first-order chi connectivity index (χ1) is 28.5. The van der Waals surface area contributed by atoms with Gasteiger partial charge in [0.15, 0.2) is 11.2 Å². The summed E-state index contributed by atoms with van der Waals surface area (Å²) in [4.78, 5) is 61.9. The third-order valence-electron chi connectivity index (χ3n) is 11.6. The fraction of sp³-hybridized carbons (Fsp3) is 0.463. The number of alkyl halides is 3. The number of fused-ring (bicyclic) bond motifs is 3. The van der Waals surface area contributed by atoms with Gasteiger partial charge in [0.1, 0.15) is 30.0 Å². The van der Waals surface area contributed by atoms with E-state index < -0.39 is 46.3 Å². The lowest BCUT2D eigenvalue weighted by Crippen LogP contribution is -2.63. The summed E-state index contributed by atoms with van der Waals surface area (Å²) in [5.41, 5.74) is -1.73. The van der Waals surface area contributed by atoms with E-state index in [-0.39, 0.29) is 42.6 Å². The zero-order valence-corrected chi connectivity index (χ0v) is 34.8. The zero-order chi connectivity index (χ0) is 43.1. The van der Waals surface area contributed by atoms with Crippen molar-refractivity contribution >= 4 is 70.6 Å². The molecule has 3 N–H and O–H groups in total. The van der Waals surface area contributed by atoms with Crippen LogP contribution in [-0.4, -0.2) is 100 Å². The molecular formula is C41H45ClF3N9O5S. The molecule has 4 atom stereocenters. The number of hydrogen-bond acceptors (Lipinski definition) is 12. The number of anilines is 4. The molecule has 19 heteroatoms.